The molecule has 3 aromatic heterocycles. The molecule has 1 aliphatic heterocycles. The third-order valence-corrected chi connectivity index (χ3v) is 4.92. The van der Waals surface area contributed by atoms with Crippen LogP contribution in [0.2, 0.25) is 0 Å². The molecule has 8 heteroatoms. The van der Waals surface area contributed by atoms with E-state index in [0.717, 1.165) is 25.9 Å². The van der Waals surface area contributed by atoms with Gasteiger partial charge in [0.2, 0.25) is 11.8 Å². The predicted molar refractivity (Wildman–Crippen MR) is 98.6 cm³/mol. The molecule has 4 heterocycles. The Hall–Kier alpha value is -2.74. The zero-order chi connectivity index (χ0) is 19.0. The minimum absolute atomic E-state index is 0.138. The predicted octanol–water partition coefficient (Wildman–Crippen LogP) is 2.72. The number of aryl methyl sites for hydroxylation is 1. The number of methoxy groups -OCH3 is 1. The lowest BCUT2D eigenvalue weighted by molar-refractivity contribution is 0.107. The molecular weight excluding hydrogens is 349 g/mol. The number of pyridine rings is 1. The molecule has 0 bridgehead atoms. The number of piperidine rings is 1. The molecule has 0 saturated carbocycles. The number of nitrogens with zero attached hydrogens (tertiary/aromatic N) is 5. The first-order valence-electron chi connectivity index (χ1n) is 8.96. The largest absolute Gasteiger partial charge is 0.481 e. The lowest BCUT2D eigenvalue weighted by atomic mass is 10.1. The molecule has 0 aromatic carbocycles. The molecule has 142 valence electrons. The number of rotatable bonds is 4. The summed E-state index contributed by atoms with van der Waals surface area (Å²) in [6.45, 7) is 3.84. The molecule has 0 N–H and O–H groups in total. The first kappa shape index (κ1) is 17.7. The van der Waals surface area contributed by atoms with Crippen LogP contribution in [0.1, 0.15) is 18.5 Å². The first-order valence-corrected chi connectivity index (χ1v) is 8.96. The van der Waals surface area contributed by atoms with Gasteiger partial charge in [-0.3, -0.25) is 0 Å². The van der Waals surface area contributed by atoms with Crippen molar-refractivity contribution in [3.63, 3.8) is 0 Å². The van der Waals surface area contributed by atoms with Gasteiger partial charge in [-0.05, 0) is 26.8 Å². The van der Waals surface area contributed by atoms with E-state index in [1.54, 1.807) is 16.8 Å². The summed E-state index contributed by atoms with van der Waals surface area (Å²) in [5.41, 5.74) is 2.15. The number of aromatic nitrogens is 4. The van der Waals surface area contributed by atoms with Crippen LogP contribution in [-0.4, -0.2) is 57.8 Å². The molecule has 4 rings (SSSR count). The highest BCUT2D eigenvalue weighted by Crippen LogP contribution is 2.32. The Morgan fingerprint density at radius 3 is 2.70 bits per heavy atom. The molecule has 0 amide bonds. The van der Waals surface area contributed by atoms with Gasteiger partial charge in [0.25, 0.3) is 0 Å². The molecule has 0 unspecified atom stereocenters. The maximum Gasteiger partial charge on any atom is 0.218 e. The van der Waals surface area contributed by atoms with E-state index in [1.807, 2.05) is 6.92 Å². The van der Waals surface area contributed by atoms with Gasteiger partial charge in [0.05, 0.1) is 18.4 Å². The fourth-order valence-electron chi connectivity index (χ4n) is 3.42. The van der Waals surface area contributed by atoms with E-state index in [0.29, 0.717) is 28.3 Å². The minimum atomic E-state index is -0.428. The van der Waals surface area contributed by atoms with E-state index >= 15 is 0 Å². The van der Waals surface area contributed by atoms with E-state index in [2.05, 4.69) is 27.0 Å². The number of fused-ring (bicyclic) bond motifs is 1. The van der Waals surface area contributed by atoms with Crippen molar-refractivity contribution in [3.8, 4) is 22.9 Å². The van der Waals surface area contributed by atoms with Gasteiger partial charge in [-0.25, -0.2) is 14.4 Å². The third-order valence-electron chi connectivity index (χ3n) is 4.92. The van der Waals surface area contributed by atoms with Crippen molar-refractivity contribution < 1.29 is 13.9 Å². The molecule has 0 aliphatic carbocycles. The van der Waals surface area contributed by atoms with E-state index in [1.165, 1.54) is 19.4 Å². The van der Waals surface area contributed by atoms with Gasteiger partial charge < -0.3 is 14.4 Å². The molecule has 0 spiro atoms. The second-order valence-electron chi connectivity index (χ2n) is 6.81. The number of hydrogen-bond acceptors (Lipinski definition) is 6. The average Bonchev–Trinajstić information content (AvgIpc) is 3.00. The van der Waals surface area contributed by atoms with Crippen LogP contribution in [0.15, 0.2) is 24.5 Å². The van der Waals surface area contributed by atoms with E-state index < -0.39 is 5.82 Å². The van der Waals surface area contributed by atoms with Gasteiger partial charge in [-0.15, -0.1) is 0 Å². The zero-order valence-electron chi connectivity index (χ0n) is 15.6. The summed E-state index contributed by atoms with van der Waals surface area (Å²) < 4.78 is 27.4. The zero-order valence-corrected chi connectivity index (χ0v) is 15.6. The number of ether oxygens (including phenoxy) is 2. The van der Waals surface area contributed by atoms with Crippen molar-refractivity contribution in [3.05, 3.63) is 36.0 Å². The van der Waals surface area contributed by atoms with Gasteiger partial charge in [0.1, 0.15) is 11.9 Å². The van der Waals surface area contributed by atoms with Gasteiger partial charge in [0, 0.05) is 43.2 Å². The quantitative estimate of drug-likeness (QED) is 0.703. The second kappa shape index (κ2) is 7.11. The summed E-state index contributed by atoms with van der Waals surface area (Å²) in [5, 5.41) is 4.55. The van der Waals surface area contributed by atoms with Crippen molar-refractivity contribution in [1.82, 2.24) is 24.5 Å². The van der Waals surface area contributed by atoms with Crippen LogP contribution in [0.3, 0.4) is 0 Å². The summed E-state index contributed by atoms with van der Waals surface area (Å²) in [4.78, 5) is 10.8. The van der Waals surface area contributed by atoms with Gasteiger partial charge in [-0.1, -0.05) is 0 Å². The standard InChI is InChI=1S/C19H22FN5O2/c1-12-18(14-11-22-16(26-3)10-15(14)20)19-21-7-4-17(25(19)23-12)27-13-5-8-24(2)9-6-13/h4,7,10-11,13H,5-6,8-9H2,1-3H3. The fourth-order valence-corrected chi connectivity index (χ4v) is 3.42. The first-order chi connectivity index (χ1) is 13.1. The van der Waals surface area contributed by atoms with Crippen molar-refractivity contribution in [2.45, 2.75) is 25.9 Å². The van der Waals surface area contributed by atoms with Crippen molar-refractivity contribution in [1.29, 1.82) is 0 Å². The molecule has 0 radical (unpaired) electrons. The van der Waals surface area contributed by atoms with Gasteiger partial charge >= 0.3 is 0 Å². The van der Waals surface area contributed by atoms with Crippen molar-refractivity contribution in [2.24, 2.45) is 0 Å². The van der Waals surface area contributed by atoms with Crippen LogP contribution in [0, 0.1) is 12.7 Å². The Morgan fingerprint density at radius 2 is 2.00 bits per heavy atom. The van der Waals surface area contributed by atoms with Crippen LogP contribution in [-0.2, 0) is 0 Å². The van der Waals surface area contributed by atoms with Crippen LogP contribution in [0.5, 0.6) is 11.8 Å². The van der Waals surface area contributed by atoms with Crippen molar-refractivity contribution >= 4 is 5.65 Å². The van der Waals surface area contributed by atoms with Gasteiger partial charge in [0.15, 0.2) is 5.65 Å². The molecule has 1 fully saturated rings. The molecule has 0 atom stereocenters. The minimum Gasteiger partial charge on any atom is -0.481 e. The molecule has 3 aromatic rings. The number of hydrogen-bond donors (Lipinski definition) is 0. The SMILES string of the molecule is COc1cc(F)c(-c2c(C)nn3c(OC4CCN(C)CC4)ccnc23)cn1. The smallest absolute Gasteiger partial charge is 0.218 e. The molecule has 7 nitrogen and oxygen atoms in total. The van der Waals surface area contributed by atoms with Crippen LogP contribution in [0.4, 0.5) is 4.39 Å². The Labute approximate surface area is 156 Å². The van der Waals surface area contributed by atoms with E-state index in [4.69, 9.17) is 9.47 Å². The fraction of sp³-hybridized carbons (Fsp3) is 0.421. The number of halogens is 1. The second-order valence-corrected chi connectivity index (χ2v) is 6.81. The topological polar surface area (TPSA) is 64.8 Å². The molecule has 1 saturated heterocycles. The average molecular weight is 371 g/mol. The Kier molecular flexibility index (Phi) is 4.65. The molecular formula is C19H22FN5O2. The third kappa shape index (κ3) is 3.32. The summed E-state index contributed by atoms with van der Waals surface area (Å²) in [6, 6.07) is 3.06. The Morgan fingerprint density at radius 1 is 1.22 bits per heavy atom. The summed E-state index contributed by atoms with van der Waals surface area (Å²) in [5.74, 6) is 0.415. The molecule has 27 heavy (non-hydrogen) atoms. The normalized spacial score (nSPS) is 16.0. The Balaban J connectivity index is 1.73. The van der Waals surface area contributed by atoms with E-state index in [9.17, 15) is 4.39 Å². The molecule has 1 aliphatic rings. The Bertz CT molecular complexity index is 966. The highest BCUT2D eigenvalue weighted by Gasteiger charge is 2.22. The summed E-state index contributed by atoms with van der Waals surface area (Å²) in [7, 11) is 3.57. The van der Waals surface area contributed by atoms with Crippen LogP contribution in [0.25, 0.3) is 16.8 Å². The highest BCUT2D eigenvalue weighted by atomic mass is 19.1. The lowest BCUT2D eigenvalue weighted by Gasteiger charge is -2.29. The van der Waals surface area contributed by atoms with Crippen molar-refractivity contribution in [2.75, 3.05) is 27.2 Å². The lowest BCUT2D eigenvalue weighted by Crippen LogP contribution is -2.36. The maximum atomic E-state index is 14.6. The summed E-state index contributed by atoms with van der Waals surface area (Å²) >= 11 is 0. The maximum absolute atomic E-state index is 14.6. The van der Waals surface area contributed by atoms with Crippen LogP contribution < -0.4 is 9.47 Å². The number of likely N-dealkylation sites (tertiary alicyclic amines) is 1. The monoisotopic (exact) mass is 371 g/mol. The summed E-state index contributed by atoms with van der Waals surface area (Å²) in [6.07, 6.45) is 5.18. The van der Waals surface area contributed by atoms with Gasteiger partial charge in [-0.2, -0.15) is 9.61 Å². The van der Waals surface area contributed by atoms with Crippen LogP contribution >= 0.6 is 0 Å². The highest BCUT2D eigenvalue weighted by molar-refractivity contribution is 5.80. The van der Waals surface area contributed by atoms with E-state index in [-0.39, 0.29) is 12.0 Å².